The minimum atomic E-state index is -3.26. The van der Waals surface area contributed by atoms with Crippen molar-refractivity contribution in [2.24, 2.45) is 0 Å². The van der Waals surface area contributed by atoms with Gasteiger partial charge in [-0.15, -0.1) is 0 Å². The predicted molar refractivity (Wildman–Crippen MR) is 91.6 cm³/mol. The van der Waals surface area contributed by atoms with Gasteiger partial charge >= 0.3 is 11.6 Å². The summed E-state index contributed by atoms with van der Waals surface area (Å²) in [7, 11) is 0. The van der Waals surface area contributed by atoms with Gasteiger partial charge in [0.2, 0.25) is 5.78 Å². The van der Waals surface area contributed by atoms with Crippen LogP contribution >= 0.6 is 11.6 Å². The summed E-state index contributed by atoms with van der Waals surface area (Å²) in [5, 5.41) is 10.4. The predicted octanol–water partition coefficient (Wildman–Crippen LogP) is 4.50. The Hall–Kier alpha value is -2.86. The lowest BCUT2D eigenvalue weighted by molar-refractivity contribution is -0.154. The number of ketones is 1. The summed E-state index contributed by atoms with van der Waals surface area (Å²) in [4.78, 5) is 24.5. The summed E-state index contributed by atoms with van der Waals surface area (Å²) >= 11 is 5.85. The van der Waals surface area contributed by atoms with Crippen molar-refractivity contribution in [3.05, 3.63) is 64.4 Å². The highest BCUT2D eigenvalue weighted by Gasteiger charge is 2.59. The Morgan fingerprint density at radius 1 is 1.23 bits per heavy atom. The zero-order valence-electron chi connectivity index (χ0n) is 13.5. The Morgan fingerprint density at radius 2 is 1.92 bits per heavy atom. The molecule has 132 valence electrons. The number of carboxylic acids is 1. The normalized spacial score (nSPS) is 22.1. The van der Waals surface area contributed by atoms with Crippen molar-refractivity contribution in [1.82, 2.24) is 0 Å². The van der Waals surface area contributed by atoms with E-state index < -0.39 is 23.5 Å². The van der Waals surface area contributed by atoms with Gasteiger partial charge < -0.3 is 14.3 Å². The van der Waals surface area contributed by atoms with E-state index in [4.69, 9.17) is 20.8 Å². The van der Waals surface area contributed by atoms with Crippen molar-refractivity contribution in [2.75, 3.05) is 0 Å². The highest BCUT2D eigenvalue weighted by Crippen LogP contribution is 2.47. The molecule has 0 spiro atoms. The van der Waals surface area contributed by atoms with Gasteiger partial charge in [-0.3, -0.25) is 4.79 Å². The van der Waals surface area contributed by atoms with E-state index in [-0.39, 0.29) is 16.9 Å². The number of fused-ring (bicyclic) bond motifs is 3. The summed E-state index contributed by atoms with van der Waals surface area (Å²) in [6.07, 6.45) is -0.165. The molecule has 2 heterocycles. The van der Waals surface area contributed by atoms with Crippen LogP contribution in [0.25, 0.3) is 11.0 Å². The van der Waals surface area contributed by atoms with Gasteiger partial charge in [-0.25, -0.2) is 9.18 Å². The highest BCUT2D eigenvalue weighted by molar-refractivity contribution is 6.30. The average Bonchev–Trinajstić information content (AvgIpc) is 3.00. The molecule has 0 fully saturated rings. The fourth-order valence-corrected chi connectivity index (χ4v) is 3.33. The number of furan rings is 1. The number of carbonyl (C=O) groups is 2. The van der Waals surface area contributed by atoms with E-state index in [9.17, 15) is 14.7 Å². The molecule has 2 aromatic carbocycles. The number of hydrogen-bond acceptors (Lipinski definition) is 4. The van der Waals surface area contributed by atoms with E-state index >= 15 is 4.39 Å². The number of carboxylic acid groups (broad SMARTS) is 1. The lowest BCUT2D eigenvalue weighted by Gasteiger charge is -2.35. The second-order valence-corrected chi connectivity index (χ2v) is 6.57. The number of alkyl halides is 1. The highest BCUT2D eigenvalue weighted by atomic mass is 35.5. The monoisotopic (exact) mass is 374 g/mol. The van der Waals surface area contributed by atoms with Gasteiger partial charge in [0.15, 0.2) is 6.10 Å². The molecule has 0 saturated carbocycles. The number of rotatable bonds is 2. The minimum absolute atomic E-state index is 0.119. The molecule has 26 heavy (non-hydrogen) atoms. The smallest absolute Gasteiger partial charge is 0.354 e. The second kappa shape index (κ2) is 5.57. The largest absolute Gasteiger partial charge is 0.480 e. The molecule has 0 amide bonds. The molecule has 1 aliphatic heterocycles. The molecule has 1 aromatic heterocycles. The summed E-state index contributed by atoms with van der Waals surface area (Å²) < 4.78 is 26.7. The number of hydrogen-bond donors (Lipinski definition) is 1. The molecule has 2 unspecified atom stereocenters. The van der Waals surface area contributed by atoms with Gasteiger partial charge in [0.05, 0.1) is 17.2 Å². The van der Waals surface area contributed by atoms with E-state index in [0.29, 0.717) is 21.6 Å². The van der Waals surface area contributed by atoms with Crippen molar-refractivity contribution >= 4 is 34.3 Å². The van der Waals surface area contributed by atoms with Crippen LogP contribution in [-0.4, -0.2) is 22.5 Å². The maximum Gasteiger partial charge on any atom is 0.354 e. The zero-order valence-corrected chi connectivity index (χ0v) is 14.2. The third-order valence-electron chi connectivity index (χ3n) is 4.53. The summed E-state index contributed by atoms with van der Waals surface area (Å²) in [6.45, 7) is 1.76. The van der Waals surface area contributed by atoms with Crippen molar-refractivity contribution in [2.45, 2.75) is 18.7 Å². The summed E-state index contributed by atoms with van der Waals surface area (Å²) in [5.41, 5.74) is -2.04. The molecule has 7 heteroatoms. The van der Waals surface area contributed by atoms with Crippen LogP contribution < -0.4 is 4.74 Å². The van der Waals surface area contributed by atoms with Crippen LogP contribution in [-0.2, 0) is 4.79 Å². The van der Waals surface area contributed by atoms with Crippen LogP contribution in [0.3, 0.4) is 0 Å². The number of aliphatic carboxylic acids is 1. The van der Waals surface area contributed by atoms with Crippen LogP contribution in [0.2, 0.25) is 5.02 Å². The molecule has 1 N–H and O–H groups in total. The van der Waals surface area contributed by atoms with Gasteiger partial charge in [0, 0.05) is 5.02 Å². The summed E-state index contributed by atoms with van der Waals surface area (Å²) in [6, 6.07) is 8.64. The van der Waals surface area contributed by atoms with Gasteiger partial charge in [0.1, 0.15) is 11.3 Å². The van der Waals surface area contributed by atoms with E-state index in [1.165, 1.54) is 42.7 Å². The Labute approximate surface area is 151 Å². The van der Waals surface area contributed by atoms with Gasteiger partial charge in [-0.2, -0.15) is 0 Å². The first-order valence-electron chi connectivity index (χ1n) is 7.74. The van der Waals surface area contributed by atoms with Gasteiger partial charge in [-0.1, -0.05) is 23.7 Å². The number of Topliss-reactive ketones (excluding diaryl/α,β-unsaturated/α-hetero) is 1. The van der Waals surface area contributed by atoms with Crippen LogP contribution in [0.1, 0.15) is 27.6 Å². The molecule has 1 aliphatic rings. The second-order valence-electron chi connectivity index (χ2n) is 6.13. The molecule has 5 nitrogen and oxygen atoms in total. The van der Waals surface area contributed by atoms with Crippen molar-refractivity contribution in [3.63, 3.8) is 0 Å². The maximum absolute atomic E-state index is 15.5. The van der Waals surface area contributed by atoms with Crippen LogP contribution in [0.5, 0.6) is 5.75 Å². The third-order valence-corrected chi connectivity index (χ3v) is 4.78. The lowest BCUT2D eigenvalue weighted by atomic mass is 9.82. The topological polar surface area (TPSA) is 76.7 Å². The molecule has 3 aromatic rings. The van der Waals surface area contributed by atoms with Crippen LogP contribution in [0.15, 0.2) is 47.1 Å². The Balaban J connectivity index is 1.99. The third kappa shape index (κ3) is 2.15. The van der Waals surface area contributed by atoms with Crippen LogP contribution in [0, 0.1) is 6.92 Å². The van der Waals surface area contributed by atoms with Gasteiger partial charge in [0.25, 0.3) is 0 Å². The molecular weight excluding hydrogens is 363 g/mol. The van der Waals surface area contributed by atoms with Crippen LogP contribution in [0.4, 0.5) is 4.39 Å². The fourth-order valence-electron chi connectivity index (χ4n) is 3.21. The first-order chi connectivity index (χ1) is 12.3. The maximum atomic E-state index is 15.5. The van der Waals surface area contributed by atoms with Crippen molar-refractivity contribution < 1.29 is 28.2 Å². The van der Waals surface area contributed by atoms with E-state index in [1.807, 2.05) is 0 Å². The van der Waals surface area contributed by atoms with Crippen molar-refractivity contribution in [1.29, 1.82) is 0 Å². The van der Waals surface area contributed by atoms with Crippen molar-refractivity contribution in [3.8, 4) is 5.75 Å². The quantitative estimate of drug-likeness (QED) is 0.668. The standard InChI is InChI=1S/C19H12ClFO5/c1-9-8-25-13-7-6-12-15(14(9)13)26-17(10-2-4-11(20)5-3-10)19(21,16(12)22)18(23)24/h2-8,17H,1H3,(H,23,24). The SMILES string of the molecule is Cc1coc2ccc3c(c12)OC(c1ccc(Cl)cc1)C(F)(C(=O)O)C3=O. The Kier molecular flexibility index (Phi) is 3.56. The lowest BCUT2D eigenvalue weighted by Crippen LogP contribution is -2.52. The van der Waals surface area contributed by atoms with E-state index in [2.05, 4.69) is 0 Å². The Morgan fingerprint density at radius 3 is 2.58 bits per heavy atom. The molecular formula is C19H12ClFO5. The number of halogens is 2. The molecule has 4 rings (SSSR count). The molecule has 0 radical (unpaired) electrons. The number of benzene rings is 2. The molecule has 0 aliphatic carbocycles. The van der Waals surface area contributed by atoms with E-state index in [1.54, 1.807) is 6.92 Å². The molecule has 2 atom stereocenters. The molecule has 0 bridgehead atoms. The Bertz CT molecular complexity index is 1060. The number of ether oxygens (including phenoxy) is 1. The number of carbonyl (C=O) groups excluding carboxylic acids is 1. The first kappa shape index (κ1) is 16.6. The minimum Gasteiger partial charge on any atom is -0.480 e. The summed E-state index contributed by atoms with van der Waals surface area (Å²) in [5.74, 6) is -2.95. The number of aryl methyl sites for hydroxylation is 1. The fraction of sp³-hybridized carbons (Fsp3) is 0.158. The molecule has 0 saturated heterocycles. The first-order valence-corrected chi connectivity index (χ1v) is 8.12. The zero-order chi connectivity index (χ0) is 18.6. The van der Waals surface area contributed by atoms with Gasteiger partial charge in [-0.05, 0) is 42.3 Å². The average molecular weight is 375 g/mol. The van der Waals surface area contributed by atoms with E-state index in [0.717, 1.165) is 0 Å².